The summed E-state index contributed by atoms with van der Waals surface area (Å²) in [5, 5.41) is 3.92. The molecule has 0 aliphatic carbocycles. The largest absolute Gasteiger partial charge is 0.457 e. The normalized spacial score (nSPS) is 11.6. The van der Waals surface area contributed by atoms with Gasteiger partial charge in [0, 0.05) is 35.6 Å². The molecule has 4 rings (SSSR count). The minimum atomic E-state index is -3.84. The topological polar surface area (TPSA) is 141 Å². The molecule has 0 bridgehead atoms. The van der Waals surface area contributed by atoms with Crippen molar-refractivity contribution in [1.82, 2.24) is 18.8 Å². The number of ether oxygens (including phenoxy) is 1. The SMILES string of the molecule is CC(C)(Cn1c(=O)cc(Nc2ccc(Oc3ccnc(Cl)c3)cc2)n(Cc2ccc(Cl)cc2)c1=O)C(=O)NS(C)(=O)=O. The van der Waals surface area contributed by atoms with Gasteiger partial charge in [-0.15, -0.1) is 0 Å². The highest BCUT2D eigenvalue weighted by Gasteiger charge is 2.32. The maximum atomic E-state index is 13.7. The Morgan fingerprint density at radius 1 is 0.952 bits per heavy atom. The van der Waals surface area contributed by atoms with Crippen LogP contribution in [0.3, 0.4) is 0 Å². The summed E-state index contributed by atoms with van der Waals surface area (Å²) in [5.41, 5.74) is -1.50. The van der Waals surface area contributed by atoms with Gasteiger partial charge in [0.05, 0.1) is 18.2 Å². The molecule has 4 aromatic rings. The number of nitrogens with zero attached hydrogens (tertiary/aromatic N) is 3. The van der Waals surface area contributed by atoms with Crippen LogP contribution in [-0.4, -0.2) is 34.7 Å². The quantitative estimate of drug-likeness (QED) is 0.245. The Morgan fingerprint density at radius 3 is 2.24 bits per heavy atom. The van der Waals surface area contributed by atoms with Crippen LogP contribution in [0.15, 0.2) is 82.5 Å². The van der Waals surface area contributed by atoms with Gasteiger partial charge < -0.3 is 10.1 Å². The van der Waals surface area contributed by atoms with Crippen molar-refractivity contribution < 1.29 is 17.9 Å². The lowest BCUT2D eigenvalue weighted by Crippen LogP contribution is -2.48. The number of carbonyl (C=O) groups excluding carboxylic acids is 1. The van der Waals surface area contributed by atoms with E-state index in [1.807, 2.05) is 4.72 Å². The van der Waals surface area contributed by atoms with Crippen molar-refractivity contribution in [1.29, 1.82) is 0 Å². The number of halogens is 2. The predicted molar refractivity (Wildman–Crippen MR) is 161 cm³/mol. The van der Waals surface area contributed by atoms with Crippen LogP contribution in [0.1, 0.15) is 19.4 Å². The first-order chi connectivity index (χ1) is 19.7. The van der Waals surface area contributed by atoms with Crippen molar-refractivity contribution in [3.63, 3.8) is 0 Å². The highest BCUT2D eigenvalue weighted by Crippen LogP contribution is 2.26. The number of sulfonamides is 1. The van der Waals surface area contributed by atoms with Crippen LogP contribution < -0.4 is 26.0 Å². The lowest BCUT2D eigenvalue weighted by atomic mass is 9.92. The van der Waals surface area contributed by atoms with Crippen molar-refractivity contribution in [2.45, 2.75) is 26.9 Å². The molecule has 11 nitrogen and oxygen atoms in total. The van der Waals surface area contributed by atoms with Gasteiger partial charge in [-0.3, -0.25) is 23.4 Å². The summed E-state index contributed by atoms with van der Waals surface area (Å²) in [6, 6.07) is 18.1. The van der Waals surface area contributed by atoms with Gasteiger partial charge in [0.1, 0.15) is 22.5 Å². The van der Waals surface area contributed by atoms with Gasteiger partial charge >= 0.3 is 5.69 Å². The van der Waals surface area contributed by atoms with E-state index in [-0.39, 0.29) is 18.9 Å². The predicted octanol–water partition coefficient (Wildman–Crippen LogP) is 4.40. The lowest BCUT2D eigenvalue weighted by Gasteiger charge is -2.24. The minimum absolute atomic E-state index is 0.0680. The van der Waals surface area contributed by atoms with E-state index >= 15 is 0 Å². The molecule has 0 atom stereocenters. The fourth-order valence-corrected chi connectivity index (χ4v) is 4.81. The highest BCUT2D eigenvalue weighted by molar-refractivity contribution is 7.89. The summed E-state index contributed by atoms with van der Waals surface area (Å²) < 4.78 is 33.1. The van der Waals surface area contributed by atoms with Crippen LogP contribution in [-0.2, 0) is 27.9 Å². The molecule has 220 valence electrons. The summed E-state index contributed by atoms with van der Waals surface area (Å²) in [4.78, 5) is 43.4. The Morgan fingerprint density at radius 2 is 1.62 bits per heavy atom. The van der Waals surface area contributed by atoms with E-state index in [2.05, 4.69) is 10.3 Å². The summed E-state index contributed by atoms with van der Waals surface area (Å²) in [6.45, 7) is 2.59. The Labute approximate surface area is 251 Å². The molecular weight excluding hydrogens is 605 g/mol. The zero-order valence-corrected chi connectivity index (χ0v) is 25.1. The van der Waals surface area contributed by atoms with Gasteiger partial charge in [-0.1, -0.05) is 35.3 Å². The fourth-order valence-electron chi connectivity index (χ4n) is 3.90. The Hall–Kier alpha value is -4.13. The molecule has 0 fully saturated rings. The molecule has 0 spiro atoms. The molecular formula is C28H27Cl2N5O6S. The van der Waals surface area contributed by atoms with Gasteiger partial charge in [-0.2, -0.15) is 0 Å². The van der Waals surface area contributed by atoms with Crippen LogP contribution in [0.4, 0.5) is 11.5 Å². The van der Waals surface area contributed by atoms with Gasteiger partial charge in [0.25, 0.3) is 5.56 Å². The van der Waals surface area contributed by atoms with Crippen molar-refractivity contribution in [3.8, 4) is 11.5 Å². The van der Waals surface area contributed by atoms with Crippen LogP contribution >= 0.6 is 23.2 Å². The van der Waals surface area contributed by atoms with Crippen LogP contribution in [0, 0.1) is 5.41 Å². The molecule has 2 aromatic heterocycles. The number of carbonyl (C=O) groups is 1. The first kappa shape index (κ1) is 30.8. The maximum Gasteiger partial charge on any atom is 0.332 e. The van der Waals surface area contributed by atoms with Crippen molar-refractivity contribution in [3.05, 3.63) is 110 Å². The number of amides is 1. The van der Waals surface area contributed by atoms with E-state index in [0.29, 0.717) is 27.4 Å². The third-order valence-corrected chi connectivity index (χ3v) is 7.05. The van der Waals surface area contributed by atoms with Gasteiger partial charge in [0.2, 0.25) is 15.9 Å². The molecule has 42 heavy (non-hydrogen) atoms. The third kappa shape index (κ3) is 7.99. The van der Waals surface area contributed by atoms with Crippen LogP contribution in [0.5, 0.6) is 11.5 Å². The summed E-state index contributed by atoms with van der Waals surface area (Å²) in [7, 11) is -3.84. The smallest absolute Gasteiger partial charge is 0.332 e. The number of nitrogens with one attached hydrogen (secondary N) is 2. The molecule has 0 saturated heterocycles. The average molecular weight is 633 g/mol. The number of hydrogen-bond donors (Lipinski definition) is 2. The second-order valence-corrected chi connectivity index (χ2v) is 12.7. The highest BCUT2D eigenvalue weighted by atomic mass is 35.5. The molecule has 0 unspecified atom stereocenters. The van der Waals surface area contributed by atoms with E-state index in [1.165, 1.54) is 30.7 Å². The van der Waals surface area contributed by atoms with Gasteiger partial charge in [-0.05, 0) is 61.9 Å². The lowest BCUT2D eigenvalue weighted by molar-refractivity contribution is -0.128. The van der Waals surface area contributed by atoms with E-state index in [1.54, 1.807) is 60.7 Å². The minimum Gasteiger partial charge on any atom is -0.457 e. The first-order valence-corrected chi connectivity index (χ1v) is 15.1. The van der Waals surface area contributed by atoms with Crippen LogP contribution in [0.2, 0.25) is 10.2 Å². The first-order valence-electron chi connectivity index (χ1n) is 12.5. The molecule has 0 saturated carbocycles. The number of hydrogen-bond acceptors (Lipinski definition) is 8. The standard InChI is InChI=1S/C28H27Cl2N5O6S/c1-28(2,26(37)33-42(3,39)40)17-35-25(36)15-24(34(27(35)38)16-18-4-6-19(29)7-5-18)32-20-8-10-21(11-9-20)41-22-12-13-31-23(30)14-22/h4-15,32H,16-17H2,1-3H3,(H,33,37). The number of pyridine rings is 1. The number of benzene rings is 2. The monoisotopic (exact) mass is 631 g/mol. The van der Waals surface area contributed by atoms with E-state index in [4.69, 9.17) is 27.9 Å². The van der Waals surface area contributed by atoms with Crippen LogP contribution in [0.25, 0.3) is 0 Å². The second-order valence-electron chi connectivity index (χ2n) is 10.1. The number of anilines is 2. The van der Waals surface area contributed by atoms with E-state index < -0.39 is 32.6 Å². The van der Waals surface area contributed by atoms with Crippen molar-refractivity contribution in [2.75, 3.05) is 11.6 Å². The second kappa shape index (κ2) is 12.4. The molecule has 2 aromatic carbocycles. The zero-order valence-electron chi connectivity index (χ0n) is 22.8. The third-order valence-electron chi connectivity index (χ3n) is 6.04. The molecule has 0 aliphatic rings. The van der Waals surface area contributed by atoms with Crippen molar-refractivity contribution in [2.24, 2.45) is 5.41 Å². The Kier molecular flexibility index (Phi) is 9.09. The van der Waals surface area contributed by atoms with Gasteiger partial charge in [0.15, 0.2) is 0 Å². The van der Waals surface area contributed by atoms with Gasteiger partial charge in [-0.25, -0.2) is 18.2 Å². The summed E-state index contributed by atoms with van der Waals surface area (Å²) >= 11 is 11.9. The molecule has 1 amide bonds. The maximum absolute atomic E-state index is 13.7. The summed E-state index contributed by atoms with van der Waals surface area (Å²) in [5.74, 6) is 0.374. The molecule has 0 aliphatic heterocycles. The fraction of sp³-hybridized carbons (Fsp3) is 0.214. The Bertz CT molecular complexity index is 1840. The molecule has 14 heteroatoms. The molecule has 2 heterocycles. The zero-order chi connectivity index (χ0) is 30.7. The number of rotatable bonds is 10. The van der Waals surface area contributed by atoms with E-state index in [9.17, 15) is 22.8 Å². The molecule has 0 radical (unpaired) electrons. The van der Waals surface area contributed by atoms with E-state index in [0.717, 1.165) is 16.4 Å². The molecule has 2 N–H and O–H groups in total. The Balaban J connectivity index is 1.68. The average Bonchev–Trinajstić information content (AvgIpc) is 2.90. The number of aromatic nitrogens is 3. The summed E-state index contributed by atoms with van der Waals surface area (Å²) in [6.07, 6.45) is 2.37. The van der Waals surface area contributed by atoms with Crippen molar-refractivity contribution >= 4 is 50.6 Å².